The Morgan fingerprint density at radius 2 is 1.47 bits per heavy atom. The van der Waals surface area contributed by atoms with Crippen LogP contribution in [0.1, 0.15) is 38.7 Å². The molecule has 0 bridgehead atoms. The largest absolute Gasteiger partial charge is 0.341 e. The molecule has 0 saturated heterocycles. The number of halogens is 1. The molecule has 0 unspecified atom stereocenters. The molecule has 4 aromatic carbocycles. The lowest BCUT2D eigenvalue weighted by Crippen LogP contribution is -2.30. The Bertz CT molecular complexity index is 1440. The summed E-state index contributed by atoms with van der Waals surface area (Å²) in [4.78, 5) is 13.3. The van der Waals surface area contributed by atoms with Crippen LogP contribution in [0.2, 0.25) is 5.02 Å². The molecule has 184 valence electrons. The van der Waals surface area contributed by atoms with E-state index >= 15 is 0 Å². The van der Waals surface area contributed by atoms with Gasteiger partial charge in [0.05, 0.1) is 24.5 Å². The second kappa shape index (κ2) is 11.0. The van der Waals surface area contributed by atoms with Crippen LogP contribution in [0.3, 0.4) is 0 Å². The van der Waals surface area contributed by atoms with E-state index in [2.05, 4.69) is 5.32 Å². The Hall–Kier alpha value is -3.61. The molecule has 1 atom stereocenters. The molecule has 0 spiro atoms. The normalized spacial score (nSPS) is 12.1. The molecule has 0 fully saturated rings. The van der Waals surface area contributed by atoms with E-state index in [0.29, 0.717) is 16.3 Å². The minimum absolute atomic E-state index is 0.158. The molecule has 0 radical (unpaired) electrons. The second-order valence-corrected chi connectivity index (χ2v) is 11.0. The molecule has 0 saturated carbocycles. The number of hydrogen-bond acceptors (Lipinski definition) is 3. The van der Waals surface area contributed by atoms with Crippen LogP contribution in [-0.2, 0) is 16.6 Å². The molecular weight excluding hydrogens is 492 g/mol. The molecule has 0 aliphatic carbocycles. The van der Waals surface area contributed by atoms with E-state index in [0.717, 1.165) is 28.5 Å². The van der Waals surface area contributed by atoms with E-state index in [4.69, 9.17) is 11.6 Å². The molecule has 1 N–H and O–H groups in total. The smallest absolute Gasteiger partial charge is 0.252 e. The van der Waals surface area contributed by atoms with Crippen LogP contribution in [0.4, 0.5) is 5.69 Å². The maximum Gasteiger partial charge on any atom is 0.252 e. The van der Waals surface area contributed by atoms with Crippen molar-refractivity contribution in [3.63, 3.8) is 0 Å². The molecule has 0 aromatic heterocycles. The van der Waals surface area contributed by atoms with E-state index in [1.54, 1.807) is 48.5 Å². The van der Waals surface area contributed by atoms with Crippen LogP contribution in [0.5, 0.6) is 0 Å². The van der Waals surface area contributed by atoms with E-state index in [1.165, 1.54) is 4.31 Å². The maximum absolute atomic E-state index is 13.3. The molecule has 0 aliphatic heterocycles. The number of nitrogens with zero attached hydrogens (tertiary/aromatic N) is 1. The summed E-state index contributed by atoms with van der Waals surface area (Å²) >= 11 is 5.96. The van der Waals surface area contributed by atoms with Gasteiger partial charge in [-0.15, -0.1) is 0 Å². The van der Waals surface area contributed by atoms with E-state index in [9.17, 15) is 13.2 Å². The number of amides is 1. The highest BCUT2D eigenvalue weighted by Crippen LogP contribution is 2.26. The van der Waals surface area contributed by atoms with Gasteiger partial charge in [-0.2, -0.15) is 0 Å². The van der Waals surface area contributed by atoms with Crippen LogP contribution in [0.15, 0.2) is 103 Å². The van der Waals surface area contributed by atoms with Gasteiger partial charge in [0.25, 0.3) is 5.91 Å². The topological polar surface area (TPSA) is 66.5 Å². The summed E-state index contributed by atoms with van der Waals surface area (Å²) < 4.78 is 26.4. The average Bonchev–Trinajstić information content (AvgIpc) is 2.87. The first-order chi connectivity index (χ1) is 17.2. The number of anilines is 1. The number of carbonyl (C=O) groups is 1. The highest BCUT2D eigenvalue weighted by Gasteiger charge is 2.21. The average molecular weight is 519 g/mol. The van der Waals surface area contributed by atoms with Crippen molar-refractivity contribution in [2.75, 3.05) is 10.6 Å². The summed E-state index contributed by atoms with van der Waals surface area (Å²) in [5.74, 6) is -0.248. The SMILES string of the molecule is Cc1ccccc1[C@@H](NC(=O)c1ccc(N(Cc2ccc(Cl)cc2)S(C)(=O)=O)cc1)c1ccccc1. The van der Waals surface area contributed by atoms with Crippen LogP contribution in [-0.4, -0.2) is 20.6 Å². The number of rotatable bonds is 8. The van der Waals surface area contributed by atoms with Gasteiger partial charge >= 0.3 is 0 Å². The van der Waals surface area contributed by atoms with Crippen molar-refractivity contribution in [3.8, 4) is 0 Å². The second-order valence-electron chi connectivity index (χ2n) is 8.62. The molecule has 0 heterocycles. The minimum Gasteiger partial charge on any atom is -0.341 e. The Kier molecular flexibility index (Phi) is 7.77. The first-order valence-electron chi connectivity index (χ1n) is 11.5. The molecule has 4 rings (SSSR count). The van der Waals surface area contributed by atoms with Crippen molar-refractivity contribution in [1.82, 2.24) is 5.32 Å². The monoisotopic (exact) mass is 518 g/mol. The predicted octanol–water partition coefficient (Wildman–Crippen LogP) is 6.13. The molecule has 4 aromatic rings. The first kappa shape index (κ1) is 25.5. The molecule has 5 nitrogen and oxygen atoms in total. The van der Waals surface area contributed by atoms with Gasteiger partial charge in [0, 0.05) is 10.6 Å². The first-order valence-corrected chi connectivity index (χ1v) is 13.7. The van der Waals surface area contributed by atoms with E-state index in [1.807, 2.05) is 61.5 Å². The van der Waals surface area contributed by atoms with Crippen LogP contribution < -0.4 is 9.62 Å². The summed E-state index contributed by atoms with van der Waals surface area (Å²) in [5, 5.41) is 3.73. The van der Waals surface area contributed by atoms with E-state index < -0.39 is 10.0 Å². The quantitative estimate of drug-likeness (QED) is 0.305. The number of hydrogen-bond donors (Lipinski definition) is 1. The lowest BCUT2D eigenvalue weighted by Gasteiger charge is -2.23. The molecule has 7 heteroatoms. The number of aryl methyl sites for hydroxylation is 1. The van der Waals surface area contributed by atoms with Crippen molar-refractivity contribution in [1.29, 1.82) is 0 Å². The van der Waals surface area contributed by atoms with Crippen molar-refractivity contribution in [3.05, 3.63) is 136 Å². The zero-order chi connectivity index (χ0) is 25.7. The molecule has 1 amide bonds. The third-order valence-corrected chi connectivity index (χ3v) is 7.36. The summed E-state index contributed by atoms with van der Waals surface area (Å²) in [6.45, 7) is 2.18. The standard InChI is InChI=1S/C29H27ClN2O3S/c1-21-8-6-7-11-27(21)28(23-9-4-3-5-10-23)31-29(33)24-14-18-26(19-15-24)32(36(2,34)35)20-22-12-16-25(30)17-13-22/h3-19,28H,20H2,1-2H3,(H,31,33)/t28-/m0/s1. The van der Waals surface area contributed by atoms with Gasteiger partial charge in [-0.1, -0.05) is 78.3 Å². The van der Waals surface area contributed by atoms with Crippen LogP contribution >= 0.6 is 11.6 Å². The molecule has 0 aliphatic rings. The molecular formula is C29H27ClN2O3S. The van der Waals surface area contributed by atoms with Crippen molar-refractivity contribution in [2.24, 2.45) is 0 Å². The summed E-state index contributed by atoms with van der Waals surface area (Å²) in [6, 6.07) is 31.1. The van der Waals surface area contributed by atoms with Gasteiger partial charge in [-0.3, -0.25) is 9.10 Å². The van der Waals surface area contributed by atoms with Gasteiger partial charge in [0.1, 0.15) is 0 Å². The summed E-state index contributed by atoms with van der Waals surface area (Å²) in [6.07, 6.45) is 1.16. The van der Waals surface area contributed by atoms with Gasteiger partial charge in [-0.25, -0.2) is 8.42 Å². The molecule has 36 heavy (non-hydrogen) atoms. The fraction of sp³-hybridized carbons (Fsp3) is 0.138. The van der Waals surface area contributed by atoms with Gasteiger partial charge in [-0.05, 0) is 65.6 Å². The Labute approximate surface area is 217 Å². The lowest BCUT2D eigenvalue weighted by atomic mass is 9.94. The fourth-order valence-corrected chi connectivity index (χ4v) is 5.06. The fourth-order valence-electron chi connectivity index (χ4n) is 4.05. The lowest BCUT2D eigenvalue weighted by molar-refractivity contribution is 0.0943. The highest BCUT2D eigenvalue weighted by atomic mass is 35.5. The van der Waals surface area contributed by atoms with Crippen LogP contribution in [0, 0.1) is 6.92 Å². The third kappa shape index (κ3) is 6.14. The number of nitrogens with one attached hydrogen (secondary N) is 1. The van der Waals surface area contributed by atoms with Gasteiger partial charge in [0.2, 0.25) is 10.0 Å². The third-order valence-electron chi connectivity index (χ3n) is 5.97. The Balaban J connectivity index is 1.58. The van der Waals surface area contributed by atoms with Gasteiger partial charge in [0.15, 0.2) is 0 Å². The number of benzene rings is 4. The van der Waals surface area contributed by atoms with Crippen molar-refractivity contribution >= 4 is 33.2 Å². The Morgan fingerprint density at radius 1 is 0.861 bits per heavy atom. The Morgan fingerprint density at radius 3 is 2.08 bits per heavy atom. The maximum atomic E-state index is 13.3. The number of carbonyl (C=O) groups excluding carboxylic acids is 1. The minimum atomic E-state index is -3.56. The van der Waals surface area contributed by atoms with Crippen LogP contribution in [0.25, 0.3) is 0 Å². The predicted molar refractivity (Wildman–Crippen MR) is 146 cm³/mol. The summed E-state index contributed by atoms with van der Waals surface area (Å²) in [7, 11) is -3.56. The highest BCUT2D eigenvalue weighted by molar-refractivity contribution is 7.92. The van der Waals surface area contributed by atoms with Gasteiger partial charge < -0.3 is 5.32 Å². The van der Waals surface area contributed by atoms with Crippen molar-refractivity contribution in [2.45, 2.75) is 19.5 Å². The zero-order valence-corrected chi connectivity index (χ0v) is 21.6. The zero-order valence-electron chi connectivity index (χ0n) is 20.1. The van der Waals surface area contributed by atoms with E-state index in [-0.39, 0.29) is 18.5 Å². The summed E-state index contributed by atoms with van der Waals surface area (Å²) in [5.41, 5.74) is 4.78. The van der Waals surface area contributed by atoms with Crippen molar-refractivity contribution < 1.29 is 13.2 Å². The number of sulfonamides is 1.